The molecule has 0 radical (unpaired) electrons. The van der Waals surface area contributed by atoms with Gasteiger partial charge >= 0.3 is 0 Å². The lowest BCUT2D eigenvalue weighted by atomic mass is 9.98. The van der Waals surface area contributed by atoms with Crippen LogP contribution in [0.15, 0.2) is 176 Å². The zero-order valence-electron chi connectivity index (χ0n) is 28.0. The molecular weight excluding hydrogens is 635 g/mol. The average molecular weight is 664 g/mol. The first-order valence-corrected chi connectivity index (χ1v) is 17.3. The number of nitrogens with zero attached hydrogens (tertiary/aromatic N) is 5. The molecule has 5 heteroatoms. The normalized spacial score (nSPS) is 11.4. The maximum absolute atomic E-state index is 10.9. The lowest BCUT2D eigenvalue weighted by molar-refractivity contribution is 1.15. The summed E-state index contributed by atoms with van der Waals surface area (Å²) < 4.78 is 4.69. The van der Waals surface area contributed by atoms with Crippen LogP contribution in [0.3, 0.4) is 0 Å². The number of hydrogen-bond donors (Lipinski definition) is 0. The Morgan fingerprint density at radius 3 is 1.65 bits per heavy atom. The lowest BCUT2D eigenvalue weighted by Crippen LogP contribution is -2.02. The molecule has 3 heterocycles. The van der Waals surface area contributed by atoms with Crippen LogP contribution >= 0.6 is 0 Å². The van der Waals surface area contributed by atoms with Crippen molar-refractivity contribution in [3.8, 4) is 51.3 Å². The minimum atomic E-state index is 0.440. The molecule has 0 fully saturated rings. The van der Waals surface area contributed by atoms with Crippen LogP contribution in [0.1, 0.15) is 5.56 Å². The van der Waals surface area contributed by atoms with Crippen LogP contribution in [0.2, 0.25) is 0 Å². The van der Waals surface area contributed by atoms with Gasteiger partial charge in [-0.25, -0.2) is 9.97 Å². The predicted molar refractivity (Wildman–Crippen MR) is 212 cm³/mol. The molecule has 242 valence electrons. The smallest absolute Gasteiger partial charge is 0.160 e. The monoisotopic (exact) mass is 663 g/mol. The van der Waals surface area contributed by atoms with E-state index in [4.69, 9.17) is 9.97 Å². The van der Waals surface area contributed by atoms with Crippen molar-refractivity contribution in [2.45, 2.75) is 0 Å². The second-order valence-electron chi connectivity index (χ2n) is 12.9. The van der Waals surface area contributed by atoms with Gasteiger partial charge in [-0.1, -0.05) is 133 Å². The molecule has 0 aliphatic carbocycles. The Morgan fingerprint density at radius 2 is 0.962 bits per heavy atom. The summed E-state index contributed by atoms with van der Waals surface area (Å²) in [6.07, 6.45) is 0. The Bertz CT molecular complexity index is 2990. The van der Waals surface area contributed by atoms with Crippen LogP contribution in [0.5, 0.6) is 0 Å². The van der Waals surface area contributed by atoms with Crippen LogP contribution in [0.25, 0.3) is 88.9 Å². The van der Waals surface area contributed by atoms with Gasteiger partial charge in [0, 0.05) is 49.6 Å². The van der Waals surface area contributed by atoms with Crippen LogP contribution < -0.4 is 0 Å². The zero-order valence-corrected chi connectivity index (χ0v) is 28.0. The Balaban J connectivity index is 1.36. The summed E-state index contributed by atoms with van der Waals surface area (Å²) in [5.74, 6) is 0.571. The molecule has 0 spiro atoms. The second-order valence-corrected chi connectivity index (χ2v) is 12.9. The molecule has 3 aromatic heterocycles. The zero-order chi connectivity index (χ0) is 34.6. The average Bonchev–Trinajstić information content (AvgIpc) is 3.73. The summed E-state index contributed by atoms with van der Waals surface area (Å²) in [6.45, 7) is 0. The van der Waals surface area contributed by atoms with Gasteiger partial charge in [-0.2, -0.15) is 5.26 Å². The molecule has 7 aromatic carbocycles. The molecule has 0 amide bonds. The summed E-state index contributed by atoms with van der Waals surface area (Å²) in [5, 5.41) is 15.5. The van der Waals surface area contributed by atoms with E-state index in [0.717, 1.165) is 60.9 Å². The molecule has 0 saturated carbocycles. The summed E-state index contributed by atoms with van der Waals surface area (Å²) in [5.41, 5.74) is 10.7. The fourth-order valence-corrected chi connectivity index (χ4v) is 7.70. The fourth-order valence-electron chi connectivity index (χ4n) is 7.70. The summed E-state index contributed by atoms with van der Waals surface area (Å²) in [7, 11) is 0. The quantitative estimate of drug-likeness (QED) is 0.184. The molecule has 0 atom stereocenters. The van der Waals surface area contributed by atoms with Crippen LogP contribution in [-0.4, -0.2) is 19.1 Å². The van der Waals surface area contributed by atoms with Crippen molar-refractivity contribution in [3.63, 3.8) is 0 Å². The predicted octanol–water partition coefficient (Wildman–Crippen LogP) is 11.5. The maximum Gasteiger partial charge on any atom is 0.160 e. The highest BCUT2D eigenvalue weighted by atomic mass is 15.0. The highest BCUT2D eigenvalue weighted by molar-refractivity contribution is 6.21. The molecule has 5 nitrogen and oxygen atoms in total. The molecular formula is C47H29N5. The molecule has 0 saturated heterocycles. The highest BCUT2D eigenvalue weighted by Gasteiger charge is 2.24. The van der Waals surface area contributed by atoms with E-state index in [-0.39, 0.29) is 0 Å². The largest absolute Gasteiger partial charge is 0.309 e. The lowest BCUT2D eigenvalue weighted by Gasteiger charge is -2.15. The third kappa shape index (κ3) is 4.56. The topological polar surface area (TPSA) is 59.4 Å². The van der Waals surface area contributed by atoms with E-state index in [0.29, 0.717) is 22.8 Å². The first-order valence-electron chi connectivity index (χ1n) is 17.3. The minimum absolute atomic E-state index is 0.440. The minimum Gasteiger partial charge on any atom is -0.309 e. The molecule has 0 bridgehead atoms. The van der Waals surface area contributed by atoms with Gasteiger partial charge in [0.15, 0.2) is 5.82 Å². The number of benzene rings is 7. The molecule has 10 rings (SSSR count). The van der Waals surface area contributed by atoms with Gasteiger partial charge in [-0.3, -0.25) is 0 Å². The van der Waals surface area contributed by atoms with Crippen LogP contribution in [0, 0.1) is 11.3 Å². The van der Waals surface area contributed by atoms with E-state index in [2.05, 4.69) is 124 Å². The number of para-hydroxylation sites is 4. The molecule has 52 heavy (non-hydrogen) atoms. The van der Waals surface area contributed by atoms with Gasteiger partial charge in [0.25, 0.3) is 0 Å². The Kier molecular flexibility index (Phi) is 6.80. The van der Waals surface area contributed by atoms with Crippen LogP contribution in [0.4, 0.5) is 0 Å². The highest BCUT2D eigenvalue weighted by Crippen LogP contribution is 2.43. The second kappa shape index (κ2) is 11.9. The Hall–Kier alpha value is -7.29. The van der Waals surface area contributed by atoms with E-state index in [1.807, 2.05) is 66.7 Å². The number of aromatic nitrogens is 4. The van der Waals surface area contributed by atoms with Gasteiger partial charge in [-0.05, 0) is 42.5 Å². The summed E-state index contributed by atoms with van der Waals surface area (Å²) in [6, 6.07) is 63.1. The van der Waals surface area contributed by atoms with Crippen molar-refractivity contribution in [2.75, 3.05) is 0 Å². The first kappa shape index (κ1) is 29.6. The van der Waals surface area contributed by atoms with E-state index >= 15 is 0 Å². The number of nitriles is 1. The Morgan fingerprint density at radius 1 is 0.423 bits per heavy atom. The summed E-state index contributed by atoms with van der Waals surface area (Å²) in [4.78, 5) is 10.2. The van der Waals surface area contributed by atoms with E-state index < -0.39 is 0 Å². The fraction of sp³-hybridized carbons (Fsp3) is 0. The molecule has 10 aromatic rings. The van der Waals surface area contributed by atoms with Gasteiger partial charge in [0.2, 0.25) is 0 Å². The van der Waals surface area contributed by atoms with Crippen molar-refractivity contribution in [1.29, 1.82) is 5.26 Å². The standard InChI is InChI=1S/C47H29N5/c48-30-40-44(31-16-5-1-6-17-31)49-47(32-18-7-2-8-19-32)50-45(40)37-26-15-25-36-39-28-38-35-24-13-14-27-41(35)51(33-20-9-3-10-21-33)42(38)29-43(39)52(46(36)37)34-22-11-4-12-23-34/h1-29H. The molecule has 0 unspecified atom stereocenters. The third-order valence-electron chi connectivity index (χ3n) is 9.96. The Labute approximate surface area is 299 Å². The molecule has 0 aliphatic rings. The van der Waals surface area contributed by atoms with Crippen LogP contribution in [-0.2, 0) is 0 Å². The van der Waals surface area contributed by atoms with Gasteiger partial charge in [0.1, 0.15) is 11.6 Å². The molecule has 0 aliphatic heterocycles. The van der Waals surface area contributed by atoms with E-state index in [1.165, 1.54) is 10.8 Å². The van der Waals surface area contributed by atoms with Gasteiger partial charge in [-0.15, -0.1) is 0 Å². The SMILES string of the molecule is N#Cc1c(-c2ccccc2)nc(-c2ccccc2)nc1-c1cccc2c3cc4c5ccccc5n(-c5ccccc5)c4cc3n(-c3ccccc3)c12. The van der Waals surface area contributed by atoms with Crippen molar-refractivity contribution < 1.29 is 0 Å². The summed E-state index contributed by atoms with van der Waals surface area (Å²) >= 11 is 0. The van der Waals surface area contributed by atoms with Crippen molar-refractivity contribution in [1.82, 2.24) is 19.1 Å². The maximum atomic E-state index is 10.9. The number of rotatable bonds is 5. The van der Waals surface area contributed by atoms with Gasteiger partial charge < -0.3 is 9.13 Å². The van der Waals surface area contributed by atoms with Crippen molar-refractivity contribution in [3.05, 3.63) is 181 Å². The van der Waals surface area contributed by atoms with Crippen molar-refractivity contribution >= 4 is 43.6 Å². The van der Waals surface area contributed by atoms with Gasteiger partial charge in [0.05, 0.1) is 33.5 Å². The van der Waals surface area contributed by atoms with E-state index in [9.17, 15) is 5.26 Å². The van der Waals surface area contributed by atoms with E-state index in [1.54, 1.807) is 0 Å². The first-order chi connectivity index (χ1) is 25.8. The number of fused-ring (bicyclic) bond motifs is 6. The number of hydrogen-bond acceptors (Lipinski definition) is 3. The van der Waals surface area contributed by atoms with Crippen molar-refractivity contribution in [2.24, 2.45) is 0 Å². The third-order valence-corrected chi connectivity index (χ3v) is 9.96. The molecule has 0 N–H and O–H groups in total.